The molecule has 0 aliphatic heterocycles. The van der Waals surface area contributed by atoms with Crippen molar-refractivity contribution in [3.8, 4) is 0 Å². The smallest absolute Gasteiger partial charge is 0.0911 e. The Balaban J connectivity index is 2.75. The van der Waals surface area contributed by atoms with Gasteiger partial charge in [0.05, 0.1) is 12.4 Å². The summed E-state index contributed by atoms with van der Waals surface area (Å²) in [5, 5.41) is 3.15. The molecule has 1 nitrogen and oxygen atoms in total. The van der Waals surface area contributed by atoms with Gasteiger partial charge in [-0.3, -0.25) is 4.39 Å². The molecule has 1 aromatic carbocycles. The Morgan fingerprint density at radius 2 is 1.71 bits per heavy atom. The van der Waals surface area contributed by atoms with Crippen LogP contribution in [0.1, 0.15) is 6.42 Å². The summed E-state index contributed by atoms with van der Waals surface area (Å²) in [4.78, 5) is 0. The molecule has 1 rings (SSSR count). The topological polar surface area (TPSA) is 12.0 Å². The molecule has 0 spiro atoms. The van der Waals surface area contributed by atoms with E-state index in [0.717, 1.165) is 19.1 Å². The third-order valence-corrected chi connectivity index (χ3v) is 3.33. The molecule has 0 saturated heterocycles. The van der Waals surface area contributed by atoms with Gasteiger partial charge in [-0.1, -0.05) is 15.9 Å². The molecular weight excluding hydrogens is 381 g/mol. The summed E-state index contributed by atoms with van der Waals surface area (Å²) in [7, 11) is 0. The number of rotatable bonds is 4. The second-order valence-electron chi connectivity index (χ2n) is 2.71. The quantitative estimate of drug-likeness (QED) is 0.733. The Labute approximate surface area is 108 Å². The zero-order valence-electron chi connectivity index (χ0n) is 7.29. The largest absolute Gasteiger partial charge is 0.383 e. The molecule has 0 unspecified atom stereocenters. The molecule has 1 aromatic rings. The van der Waals surface area contributed by atoms with E-state index in [1.54, 1.807) is 0 Å². The monoisotopic (exact) mass is 387 g/mol. The summed E-state index contributed by atoms with van der Waals surface area (Å²) in [6, 6.07) is 3.89. The fraction of sp³-hybridized carbons (Fsp3) is 0.333. The number of alkyl halides is 1. The summed E-state index contributed by atoms with van der Waals surface area (Å²) >= 11 is 10.2. The molecule has 0 radical (unpaired) electrons. The molecule has 0 aromatic heterocycles. The van der Waals surface area contributed by atoms with Crippen molar-refractivity contribution in [3.63, 3.8) is 0 Å². The molecule has 0 fully saturated rings. The molecule has 78 valence electrons. The van der Waals surface area contributed by atoms with E-state index in [4.69, 9.17) is 0 Å². The Hall–Kier alpha value is 0.390. The minimum absolute atomic E-state index is 0.293. The van der Waals surface area contributed by atoms with Gasteiger partial charge in [0.15, 0.2) is 0 Å². The van der Waals surface area contributed by atoms with Crippen LogP contribution in [0.25, 0.3) is 0 Å². The zero-order chi connectivity index (χ0) is 10.6. The Kier molecular flexibility index (Phi) is 5.41. The maximum Gasteiger partial charge on any atom is 0.0911 e. The molecule has 14 heavy (non-hydrogen) atoms. The Morgan fingerprint density at radius 3 is 2.21 bits per heavy atom. The molecule has 0 bridgehead atoms. The fourth-order valence-corrected chi connectivity index (χ4v) is 3.53. The van der Waals surface area contributed by atoms with Crippen LogP contribution in [0.2, 0.25) is 0 Å². The lowest BCUT2D eigenvalue weighted by Crippen LogP contribution is -2.03. The van der Waals surface area contributed by atoms with Crippen molar-refractivity contribution in [2.45, 2.75) is 6.42 Å². The van der Waals surface area contributed by atoms with E-state index in [1.165, 1.54) is 0 Å². The number of anilines is 1. The summed E-state index contributed by atoms with van der Waals surface area (Å²) in [6.07, 6.45) is 0.523. The lowest BCUT2D eigenvalue weighted by molar-refractivity contribution is 0.481. The number of nitrogens with one attached hydrogen (secondary N) is 1. The highest BCUT2D eigenvalue weighted by atomic mass is 79.9. The Bertz CT molecular complexity index is 294. The van der Waals surface area contributed by atoms with Gasteiger partial charge in [-0.15, -0.1) is 0 Å². The highest BCUT2D eigenvalue weighted by Gasteiger charge is 2.05. The van der Waals surface area contributed by atoms with Gasteiger partial charge in [-0.2, -0.15) is 0 Å². The van der Waals surface area contributed by atoms with Crippen LogP contribution in [0.5, 0.6) is 0 Å². The van der Waals surface area contributed by atoms with Gasteiger partial charge >= 0.3 is 0 Å². The summed E-state index contributed by atoms with van der Waals surface area (Å²) in [5.74, 6) is 0. The predicted molar refractivity (Wildman–Crippen MR) is 68.6 cm³/mol. The highest BCUT2D eigenvalue weighted by molar-refractivity contribution is 9.11. The average molecular weight is 390 g/mol. The number of benzene rings is 1. The number of hydrogen-bond donors (Lipinski definition) is 1. The van der Waals surface area contributed by atoms with E-state index in [2.05, 4.69) is 53.1 Å². The van der Waals surface area contributed by atoms with Crippen molar-refractivity contribution in [3.05, 3.63) is 25.6 Å². The number of hydrogen-bond acceptors (Lipinski definition) is 1. The average Bonchev–Trinajstić information content (AvgIpc) is 2.09. The van der Waals surface area contributed by atoms with Crippen LogP contribution in [0.15, 0.2) is 25.6 Å². The molecule has 0 saturated carbocycles. The number of halogens is 4. The maximum absolute atomic E-state index is 11.9. The standard InChI is InChI=1S/C9H9Br3FN/c10-6-4-7(11)9(8(12)5-6)14-3-1-2-13/h4-5,14H,1-3H2. The predicted octanol–water partition coefficient (Wildman–Crippen LogP) is 4.75. The molecule has 0 heterocycles. The second kappa shape index (κ2) is 6.08. The third-order valence-electron chi connectivity index (χ3n) is 1.62. The first-order chi connectivity index (χ1) is 6.65. The molecular formula is C9H9Br3FN. The maximum atomic E-state index is 11.9. The van der Waals surface area contributed by atoms with Crippen molar-refractivity contribution in [2.24, 2.45) is 0 Å². The summed E-state index contributed by atoms with van der Waals surface area (Å²) < 4.78 is 14.8. The van der Waals surface area contributed by atoms with Crippen LogP contribution in [-0.2, 0) is 0 Å². The third kappa shape index (κ3) is 3.51. The minimum Gasteiger partial charge on any atom is -0.383 e. The van der Waals surface area contributed by atoms with Crippen LogP contribution in [0.3, 0.4) is 0 Å². The zero-order valence-corrected chi connectivity index (χ0v) is 12.0. The van der Waals surface area contributed by atoms with Crippen LogP contribution in [0.4, 0.5) is 10.1 Å². The van der Waals surface area contributed by atoms with Crippen LogP contribution < -0.4 is 5.32 Å². The molecule has 0 atom stereocenters. The van der Waals surface area contributed by atoms with Crippen molar-refractivity contribution in [2.75, 3.05) is 18.5 Å². The van der Waals surface area contributed by atoms with Crippen LogP contribution in [0, 0.1) is 0 Å². The van der Waals surface area contributed by atoms with Crippen LogP contribution >= 0.6 is 47.8 Å². The van der Waals surface area contributed by atoms with Crippen molar-refractivity contribution in [1.29, 1.82) is 0 Å². The lowest BCUT2D eigenvalue weighted by Gasteiger charge is -2.10. The van der Waals surface area contributed by atoms with E-state index in [9.17, 15) is 4.39 Å². The first-order valence-corrected chi connectivity index (χ1v) is 6.47. The second-order valence-corrected chi connectivity index (χ2v) is 5.34. The summed E-state index contributed by atoms with van der Waals surface area (Å²) in [5.41, 5.74) is 0.960. The molecule has 0 amide bonds. The summed E-state index contributed by atoms with van der Waals surface area (Å²) in [6.45, 7) is 0.341. The molecule has 0 aliphatic carbocycles. The Morgan fingerprint density at radius 1 is 1.14 bits per heavy atom. The van der Waals surface area contributed by atoms with Gasteiger partial charge in [0, 0.05) is 20.0 Å². The van der Waals surface area contributed by atoms with Gasteiger partial charge in [0.1, 0.15) is 0 Å². The fourth-order valence-electron chi connectivity index (χ4n) is 0.991. The SMILES string of the molecule is FCCCNc1c(Br)cc(Br)cc1Br. The highest BCUT2D eigenvalue weighted by Crippen LogP contribution is 2.34. The van der Waals surface area contributed by atoms with Gasteiger partial charge in [-0.05, 0) is 50.4 Å². The van der Waals surface area contributed by atoms with Crippen molar-refractivity contribution < 1.29 is 4.39 Å². The van der Waals surface area contributed by atoms with Gasteiger partial charge in [0.2, 0.25) is 0 Å². The van der Waals surface area contributed by atoms with E-state index in [1.807, 2.05) is 12.1 Å². The molecule has 1 N–H and O–H groups in total. The van der Waals surface area contributed by atoms with Crippen molar-refractivity contribution in [1.82, 2.24) is 0 Å². The lowest BCUT2D eigenvalue weighted by atomic mass is 10.3. The molecule has 5 heteroatoms. The minimum atomic E-state index is -0.293. The van der Waals surface area contributed by atoms with E-state index in [-0.39, 0.29) is 6.67 Å². The normalized spacial score (nSPS) is 10.3. The first-order valence-electron chi connectivity index (χ1n) is 4.09. The first kappa shape index (κ1) is 12.5. The van der Waals surface area contributed by atoms with Gasteiger partial charge in [0.25, 0.3) is 0 Å². The molecule has 0 aliphatic rings. The van der Waals surface area contributed by atoms with E-state index >= 15 is 0 Å². The van der Waals surface area contributed by atoms with E-state index in [0.29, 0.717) is 13.0 Å². The van der Waals surface area contributed by atoms with E-state index < -0.39 is 0 Å². The van der Waals surface area contributed by atoms with Gasteiger partial charge < -0.3 is 5.32 Å². The van der Waals surface area contributed by atoms with Crippen LogP contribution in [-0.4, -0.2) is 13.2 Å². The van der Waals surface area contributed by atoms with Crippen molar-refractivity contribution >= 4 is 53.5 Å². The van der Waals surface area contributed by atoms with Gasteiger partial charge in [-0.25, -0.2) is 0 Å².